The first-order valence-electron chi connectivity index (χ1n) is 4.32. The predicted octanol–water partition coefficient (Wildman–Crippen LogP) is 0.630. The Morgan fingerprint density at radius 3 is 2.60 bits per heavy atom. The number of rotatable bonds is 0. The van der Waals surface area contributed by atoms with Crippen molar-refractivity contribution >= 4 is 11.6 Å². The third-order valence-corrected chi connectivity index (χ3v) is 2.19. The molecular weight excluding hydrogens is 200 g/mol. The summed E-state index contributed by atoms with van der Waals surface area (Å²) in [6.07, 6.45) is -0.883. The molecule has 5 heteroatoms. The van der Waals surface area contributed by atoms with Gasteiger partial charge in [0.25, 0.3) is 0 Å². The highest BCUT2D eigenvalue weighted by molar-refractivity contribution is 6.47. The van der Waals surface area contributed by atoms with Gasteiger partial charge in [0.05, 0.1) is 0 Å². The quantitative estimate of drug-likeness (QED) is 0.611. The van der Waals surface area contributed by atoms with Gasteiger partial charge in [0, 0.05) is 12.1 Å². The molecule has 0 saturated heterocycles. The van der Waals surface area contributed by atoms with Crippen LogP contribution in [0.15, 0.2) is 12.1 Å². The second-order valence-corrected chi connectivity index (χ2v) is 3.29. The molecule has 1 aromatic rings. The fourth-order valence-corrected chi connectivity index (χ4v) is 1.46. The number of benzene rings is 1. The van der Waals surface area contributed by atoms with Crippen molar-refractivity contribution in [3.05, 3.63) is 17.7 Å². The lowest BCUT2D eigenvalue weighted by molar-refractivity contribution is -0.121. The molecule has 1 aliphatic heterocycles. The zero-order valence-electron chi connectivity index (χ0n) is 7.85. The van der Waals surface area contributed by atoms with Gasteiger partial charge in [-0.15, -0.1) is 0 Å². The Hall–Kier alpha value is -2.04. The molecule has 0 aromatic heterocycles. The lowest BCUT2D eigenvalue weighted by Gasteiger charge is -2.21. The van der Waals surface area contributed by atoms with E-state index in [2.05, 4.69) is 0 Å². The number of aromatic hydroxyl groups is 2. The van der Waals surface area contributed by atoms with E-state index in [1.165, 1.54) is 13.0 Å². The first-order chi connectivity index (χ1) is 7.00. The monoisotopic (exact) mass is 208 g/mol. The summed E-state index contributed by atoms with van der Waals surface area (Å²) >= 11 is 0. The van der Waals surface area contributed by atoms with Gasteiger partial charge >= 0.3 is 0 Å². The van der Waals surface area contributed by atoms with E-state index in [1.54, 1.807) is 0 Å². The maximum atomic E-state index is 11.5. The number of hydrogen-bond donors (Lipinski definition) is 2. The van der Waals surface area contributed by atoms with E-state index in [4.69, 9.17) is 4.74 Å². The van der Waals surface area contributed by atoms with Crippen molar-refractivity contribution in [2.75, 3.05) is 0 Å². The molecule has 1 unspecified atom stereocenters. The molecule has 0 saturated carbocycles. The Balaban J connectivity index is 2.65. The second kappa shape index (κ2) is 2.98. The van der Waals surface area contributed by atoms with Gasteiger partial charge in [-0.05, 0) is 6.92 Å². The van der Waals surface area contributed by atoms with E-state index in [0.29, 0.717) is 0 Å². The Kier molecular flexibility index (Phi) is 1.89. The molecule has 78 valence electrons. The summed E-state index contributed by atoms with van der Waals surface area (Å²) in [6, 6.07) is 2.18. The van der Waals surface area contributed by atoms with Crippen LogP contribution in [-0.4, -0.2) is 27.9 Å². The molecular formula is C10H8O5. The average molecular weight is 208 g/mol. The summed E-state index contributed by atoms with van der Waals surface area (Å²) in [5, 5.41) is 18.6. The Bertz CT molecular complexity index is 463. The molecule has 0 bridgehead atoms. The Morgan fingerprint density at radius 2 is 1.93 bits per heavy atom. The fourth-order valence-electron chi connectivity index (χ4n) is 1.46. The molecule has 1 aromatic carbocycles. The zero-order chi connectivity index (χ0) is 11.2. The number of phenols is 2. The van der Waals surface area contributed by atoms with Crippen LogP contribution in [0.4, 0.5) is 0 Å². The molecule has 1 aliphatic rings. The van der Waals surface area contributed by atoms with Gasteiger partial charge in [-0.3, -0.25) is 9.59 Å². The molecule has 0 fully saturated rings. The zero-order valence-corrected chi connectivity index (χ0v) is 7.85. The van der Waals surface area contributed by atoms with E-state index in [0.717, 1.165) is 6.07 Å². The maximum Gasteiger partial charge on any atom is 0.243 e. The number of Topliss-reactive ketones (excluding diaryl/α,β-unsaturated/α-hetero) is 2. The van der Waals surface area contributed by atoms with Crippen LogP contribution < -0.4 is 4.74 Å². The first kappa shape index (κ1) is 9.51. The lowest BCUT2D eigenvalue weighted by atomic mass is 9.99. The molecule has 0 spiro atoms. The minimum Gasteiger partial charge on any atom is -0.508 e. The molecule has 0 aliphatic carbocycles. The summed E-state index contributed by atoms with van der Waals surface area (Å²) in [5.41, 5.74) is -0.184. The highest BCUT2D eigenvalue weighted by Crippen LogP contribution is 2.36. The minimum atomic E-state index is -0.883. The first-order valence-corrected chi connectivity index (χ1v) is 4.32. The third kappa shape index (κ3) is 1.32. The summed E-state index contributed by atoms with van der Waals surface area (Å²) in [4.78, 5) is 22.8. The van der Waals surface area contributed by atoms with Crippen LogP contribution in [0.2, 0.25) is 0 Å². The van der Waals surface area contributed by atoms with Crippen LogP contribution in [0.1, 0.15) is 17.3 Å². The number of hydrogen-bond acceptors (Lipinski definition) is 5. The van der Waals surface area contributed by atoms with Gasteiger partial charge in [0.15, 0.2) is 6.10 Å². The van der Waals surface area contributed by atoms with Crippen molar-refractivity contribution in [2.45, 2.75) is 13.0 Å². The highest BCUT2D eigenvalue weighted by atomic mass is 16.5. The van der Waals surface area contributed by atoms with E-state index in [9.17, 15) is 19.8 Å². The Labute approximate surface area is 84.9 Å². The van der Waals surface area contributed by atoms with Crippen LogP contribution in [0, 0.1) is 0 Å². The number of ether oxygens (including phenoxy) is 1. The molecule has 5 nitrogen and oxygen atoms in total. The summed E-state index contributed by atoms with van der Waals surface area (Å²) in [7, 11) is 0. The second-order valence-electron chi connectivity index (χ2n) is 3.29. The van der Waals surface area contributed by atoms with Gasteiger partial charge in [-0.2, -0.15) is 0 Å². The molecule has 0 amide bonds. The van der Waals surface area contributed by atoms with Crippen LogP contribution >= 0.6 is 0 Å². The van der Waals surface area contributed by atoms with Crippen molar-refractivity contribution in [3.63, 3.8) is 0 Å². The molecule has 2 N–H and O–H groups in total. The summed E-state index contributed by atoms with van der Waals surface area (Å²) in [6.45, 7) is 1.43. The van der Waals surface area contributed by atoms with Gasteiger partial charge in [0.1, 0.15) is 22.8 Å². The smallest absolute Gasteiger partial charge is 0.243 e. The van der Waals surface area contributed by atoms with Gasteiger partial charge in [0.2, 0.25) is 11.6 Å². The van der Waals surface area contributed by atoms with E-state index < -0.39 is 23.4 Å². The largest absolute Gasteiger partial charge is 0.508 e. The normalized spacial score (nSPS) is 19.7. The highest BCUT2D eigenvalue weighted by Gasteiger charge is 2.35. The van der Waals surface area contributed by atoms with E-state index in [-0.39, 0.29) is 17.1 Å². The molecule has 1 atom stereocenters. The molecule has 1 heterocycles. The summed E-state index contributed by atoms with van der Waals surface area (Å²) in [5.74, 6) is -2.13. The van der Waals surface area contributed by atoms with Crippen LogP contribution in [0.3, 0.4) is 0 Å². The average Bonchev–Trinajstić information content (AvgIpc) is 2.13. The van der Waals surface area contributed by atoms with Crippen LogP contribution in [-0.2, 0) is 4.79 Å². The minimum absolute atomic E-state index is 0.0320. The Morgan fingerprint density at radius 1 is 1.27 bits per heavy atom. The van der Waals surface area contributed by atoms with Gasteiger partial charge in [-0.1, -0.05) is 0 Å². The molecule has 2 rings (SSSR count). The van der Waals surface area contributed by atoms with Gasteiger partial charge < -0.3 is 14.9 Å². The molecule has 15 heavy (non-hydrogen) atoms. The van der Waals surface area contributed by atoms with Crippen molar-refractivity contribution in [1.82, 2.24) is 0 Å². The maximum absolute atomic E-state index is 11.5. The topological polar surface area (TPSA) is 83.8 Å². The predicted molar refractivity (Wildman–Crippen MR) is 49.2 cm³/mol. The number of ketones is 2. The van der Waals surface area contributed by atoms with Crippen molar-refractivity contribution in [2.24, 2.45) is 0 Å². The van der Waals surface area contributed by atoms with Crippen molar-refractivity contribution < 1.29 is 24.5 Å². The standard InChI is InChI=1S/C10H8O5/c1-4-9(13)10(14)8-6(12)2-5(11)3-7(8)15-4/h2-4,11-12H,1H3. The SMILES string of the molecule is CC1Oc2cc(O)cc(O)c2C(=O)C1=O. The lowest BCUT2D eigenvalue weighted by Crippen LogP contribution is -2.35. The number of carbonyl (C=O) groups excluding carboxylic acids is 2. The fraction of sp³-hybridized carbons (Fsp3) is 0.200. The number of fused-ring (bicyclic) bond motifs is 1. The van der Waals surface area contributed by atoms with E-state index in [1.807, 2.05) is 0 Å². The van der Waals surface area contributed by atoms with Crippen LogP contribution in [0.25, 0.3) is 0 Å². The number of phenolic OH excluding ortho intramolecular Hbond substituents is 2. The van der Waals surface area contributed by atoms with E-state index >= 15 is 0 Å². The number of carbonyl (C=O) groups is 2. The van der Waals surface area contributed by atoms with Crippen LogP contribution in [0.5, 0.6) is 17.2 Å². The third-order valence-electron chi connectivity index (χ3n) is 2.19. The van der Waals surface area contributed by atoms with Gasteiger partial charge in [-0.25, -0.2) is 0 Å². The summed E-state index contributed by atoms with van der Waals surface area (Å²) < 4.78 is 5.09. The molecule has 0 radical (unpaired) electrons. The van der Waals surface area contributed by atoms with Crippen molar-refractivity contribution in [1.29, 1.82) is 0 Å². The van der Waals surface area contributed by atoms with Crippen molar-refractivity contribution in [3.8, 4) is 17.2 Å².